The second-order valence-electron chi connectivity index (χ2n) is 7.54. The summed E-state index contributed by atoms with van der Waals surface area (Å²) in [5.41, 5.74) is 1.27. The Morgan fingerprint density at radius 3 is 2.07 bits per heavy atom. The number of carbonyl (C=O) groups excluding carboxylic acids is 4. The summed E-state index contributed by atoms with van der Waals surface area (Å²) in [4.78, 5) is 51.5. The first-order valence-corrected chi connectivity index (χ1v) is 9.82. The molecule has 1 N–H and O–H groups in total. The van der Waals surface area contributed by atoms with E-state index in [-0.39, 0.29) is 23.5 Å². The topological polar surface area (TPSA) is 92.8 Å². The molecule has 30 heavy (non-hydrogen) atoms. The van der Waals surface area contributed by atoms with Gasteiger partial charge in [0.15, 0.2) is 6.61 Å². The minimum atomic E-state index is -1.17. The normalized spacial score (nSPS) is 13.9. The lowest BCUT2D eigenvalue weighted by atomic mass is 10.0. The van der Waals surface area contributed by atoms with Gasteiger partial charge in [0.25, 0.3) is 17.7 Å². The fourth-order valence-electron chi connectivity index (χ4n) is 3.21. The molecule has 1 aliphatic rings. The van der Waals surface area contributed by atoms with E-state index in [4.69, 9.17) is 4.74 Å². The maximum Gasteiger partial charge on any atom is 0.330 e. The lowest BCUT2D eigenvalue weighted by Gasteiger charge is -2.24. The van der Waals surface area contributed by atoms with Crippen molar-refractivity contribution in [3.8, 4) is 0 Å². The van der Waals surface area contributed by atoms with Crippen molar-refractivity contribution in [3.63, 3.8) is 0 Å². The van der Waals surface area contributed by atoms with E-state index < -0.39 is 36.3 Å². The molecule has 156 valence electrons. The van der Waals surface area contributed by atoms with E-state index in [2.05, 4.69) is 5.32 Å². The zero-order chi connectivity index (χ0) is 21.7. The van der Waals surface area contributed by atoms with Gasteiger partial charge in [0.05, 0.1) is 11.1 Å². The summed E-state index contributed by atoms with van der Waals surface area (Å²) in [5, 5.41) is 2.66. The summed E-state index contributed by atoms with van der Waals surface area (Å²) in [5.74, 6) is -2.06. The highest BCUT2D eigenvalue weighted by molar-refractivity contribution is 6.22. The van der Waals surface area contributed by atoms with Gasteiger partial charge in [0.2, 0.25) is 0 Å². The van der Waals surface area contributed by atoms with Gasteiger partial charge in [0, 0.05) is 13.0 Å². The molecule has 2 aromatic rings. The summed E-state index contributed by atoms with van der Waals surface area (Å²) >= 11 is 0. The highest BCUT2D eigenvalue weighted by Gasteiger charge is 2.43. The molecular formula is C23H24N2O5. The number of imide groups is 1. The van der Waals surface area contributed by atoms with Crippen LogP contribution in [0.5, 0.6) is 0 Å². The molecule has 7 heteroatoms. The van der Waals surface area contributed by atoms with E-state index in [1.165, 1.54) is 0 Å². The monoisotopic (exact) mass is 408 g/mol. The molecule has 2 aromatic carbocycles. The molecule has 0 aromatic heterocycles. The van der Waals surface area contributed by atoms with Gasteiger partial charge in [-0.2, -0.15) is 0 Å². The highest BCUT2D eigenvalue weighted by atomic mass is 16.5. The number of rotatable bonds is 8. The Morgan fingerprint density at radius 1 is 0.933 bits per heavy atom. The molecular weight excluding hydrogens is 384 g/mol. The van der Waals surface area contributed by atoms with Crippen LogP contribution in [-0.4, -0.2) is 47.8 Å². The van der Waals surface area contributed by atoms with E-state index >= 15 is 0 Å². The summed E-state index contributed by atoms with van der Waals surface area (Å²) < 4.78 is 5.18. The van der Waals surface area contributed by atoms with E-state index in [9.17, 15) is 19.2 Å². The van der Waals surface area contributed by atoms with E-state index in [1.54, 1.807) is 48.5 Å². The predicted octanol–water partition coefficient (Wildman–Crippen LogP) is 2.21. The van der Waals surface area contributed by atoms with Gasteiger partial charge in [-0.25, -0.2) is 4.79 Å². The Hall–Kier alpha value is -3.48. The Kier molecular flexibility index (Phi) is 6.61. The van der Waals surface area contributed by atoms with Gasteiger partial charge in [0.1, 0.15) is 6.04 Å². The quantitative estimate of drug-likeness (QED) is 0.534. The van der Waals surface area contributed by atoms with Crippen LogP contribution in [-0.2, 0) is 20.7 Å². The zero-order valence-corrected chi connectivity index (χ0v) is 17.0. The van der Waals surface area contributed by atoms with Gasteiger partial charge in [-0.05, 0) is 23.6 Å². The highest BCUT2D eigenvalue weighted by Crippen LogP contribution is 2.26. The van der Waals surface area contributed by atoms with Crippen LogP contribution in [0.15, 0.2) is 54.6 Å². The zero-order valence-electron chi connectivity index (χ0n) is 17.0. The molecule has 0 saturated heterocycles. The minimum Gasteiger partial charge on any atom is -0.454 e. The number of amides is 3. The second-order valence-corrected chi connectivity index (χ2v) is 7.54. The molecule has 0 spiro atoms. The van der Waals surface area contributed by atoms with E-state index in [1.807, 2.05) is 19.9 Å². The van der Waals surface area contributed by atoms with Gasteiger partial charge in [-0.15, -0.1) is 0 Å². The largest absolute Gasteiger partial charge is 0.454 e. The summed E-state index contributed by atoms with van der Waals surface area (Å²) in [6.07, 6.45) is 0.0960. The van der Waals surface area contributed by atoms with Crippen molar-refractivity contribution < 1.29 is 23.9 Å². The smallest absolute Gasteiger partial charge is 0.330 e. The number of carbonyl (C=O) groups is 4. The number of ether oxygens (including phenoxy) is 1. The van der Waals surface area contributed by atoms with Crippen LogP contribution in [0.2, 0.25) is 0 Å². The van der Waals surface area contributed by atoms with Crippen molar-refractivity contribution >= 4 is 23.7 Å². The molecule has 1 heterocycles. The SMILES string of the molecule is CC(C)CNC(=O)COC(=O)C(Cc1ccccc1)N1C(=O)c2ccccc2C1=O. The van der Waals surface area contributed by atoms with Crippen molar-refractivity contribution in [2.75, 3.05) is 13.2 Å². The van der Waals surface area contributed by atoms with E-state index in [0.29, 0.717) is 6.54 Å². The van der Waals surface area contributed by atoms with Crippen molar-refractivity contribution in [2.24, 2.45) is 5.92 Å². The lowest BCUT2D eigenvalue weighted by molar-refractivity contribution is -0.152. The Bertz CT molecular complexity index is 920. The average Bonchev–Trinajstić information content (AvgIpc) is 3.00. The van der Waals surface area contributed by atoms with Gasteiger partial charge < -0.3 is 10.1 Å². The number of esters is 1. The number of nitrogens with zero attached hydrogens (tertiary/aromatic N) is 1. The molecule has 7 nitrogen and oxygen atoms in total. The van der Waals surface area contributed by atoms with Crippen molar-refractivity contribution in [3.05, 3.63) is 71.3 Å². The van der Waals surface area contributed by atoms with Crippen LogP contribution in [0.4, 0.5) is 0 Å². The molecule has 1 unspecified atom stereocenters. The Labute approximate surface area is 175 Å². The molecule has 0 bridgehead atoms. The fraction of sp³-hybridized carbons (Fsp3) is 0.304. The summed E-state index contributed by atoms with van der Waals surface area (Å²) in [6.45, 7) is 3.89. The van der Waals surface area contributed by atoms with Crippen LogP contribution in [0, 0.1) is 5.92 Å². The van der Waals surface area contributed by atoms with Crippen LogP contribution < -0.4 is 5.32 Å². The van der Waals surface area contributed by atoms with Crippen LogP contribution in [0.1, 0.15) is 40.1 Å². The Morgan fingerprint density at radius 2 is 1.50 bits per heavy atom. The van der Waals surface area contributed by atoms with E-state index in [0.717, 1.165) is 10.5 Å². The molecule has 1 atom stereocenters. The maximum atomic E-state index is 12.9. The first kappa shape index (κ1) is 21.2. The molecule has 3 rings (SSSR count). The fourth-order valence-corrected chi connectivity index (χ4v) is 3.21. The van der Waals surface area contributed by atoms with Crippen molar-refractivity contribution in [1.82, 2.24) is 10.2 Å². The van der Waals surface area contributed by atoms with Gasteiger partial charge in [-0.1, -0.05) is 56.3 Å². The standard InChI is InChI=1S/C23H24N2O5/c1-15(2)13-24-20(26)14-30-23(29)19(12-16-8-4-3-5-9-16)25-21(27)17-10-6-7-11-18(17)22(25)28/h3-11,15,19H,12-14H2,1-2H3,(H,24,26). The summed E-state index contributed by atoms with van der Waals surface area (Å²) in [6, 6.07) is 14.3. The molecule has 1 aliphatic heterocycles. The van der Waals surface area contributed by atoms with Gasteiger partial charge >= 0.3 is 5.97 Å². The lowest BCUT2D eigenvalue weighted by Crippen LogP contribution is -2.47. The number of hydrogen-bond donors (Lipinski definition) is 1. The van der Waals surface area contributed by atoms with Crippen LogP contribution in [0.3, 0.4) is 0 Å². The Balaban J connectivity index is 1.79. The predicted molar refractivity (Wildman–Crippen MR) is 110 cm³/mol. The summed E-state index contributed by atoms with van der Waals surface area (Å²) in [7, 11) is 0. The molecule has 0 saturated carbocycles. The second kappa shape index (κ2) is 9.35. The van der Waals surface area contributed by atoms with Crippen molar-refractivity contribution in [2.45, 2.75) is 26.3 Å². The van der Waals surface area contributed by atoms with Crippen molar-refractivity contribution in [1.29, 1.82) is 0 Å². The number of benzene rings is 2. The number of fused-ring (bicyclic) bond motifs is 1. The van der Waals surface area contributed by atoms with Crippen LogP contribution in [0.25, 0.3) is 0 Å². The van der Waals surface area contributed by atoms with Crippen LogP contribution >= 0.6 is 0 Å². The first-order valence-electron chi connectivity index (χ1n) is 9.82. The molecule has 0 radical (unpaired) electrons. The number of nitrogens with one attached hydrogen (secondary N) is 1. The maximum absolute atomic E-state index is 12.9. The minimum absolute atomic E-state index is 0.0960. The first-order chi connectivity index (χ1) is 14.4. The van der Waals surface area contributed by atoms with Gasteiger partial charge in [-0.3, -0.25) is 19.3 Å². The third-order valence-electron chi connectivity index (χ3n) is 4.73. The average molecular weight is 408 g/mol. The molecule has 0 aliphatic carbocycles. The third-order valence-corrected chi connectivity index (χ3v) is 4.73. The molecule has 3 amide bonds. The number of hydrogen-bond acceptors (Lipinski definition) is 5. The third kappa shape index (κ3) is 4.74. The molecule has 0 fully saturated rings.